The van der Waals surface area contributed by atoms with E-state index in [4.69, 9.17) is 0 Å². The van der Waals surface area contributed by atoms with Gasteiger partial charge in [-0.1, -0.05) is 39.5 Å². The predicted molar refractivity (Wildman–Crippen MR) is 84.5 cm³/mol. The second-order valence-electron chi connectivity index (χ2n) is 7.25. The molecule has 0 radical (unpaired) electrons. The van der Waals surface area contributed by atoms with Crippen molar-refractivity contribution < 1.29 is 19.8 Å². The lowest BCUT2D eigenvalue weighted by molar-refractivity contribution is -0.168. The van der Waals surface area contributed by atoms with Crippen molar-refractivity contribution >= 4 is 11.9 Å². The number of carbonyl (C=O) groups is 2. The average molecular weight is 310 g/mol. The van der Waals surface area contributed by atoms with Crippen LogP contribution in [-0.2, 0) is 9.59 Å². The maximum atomic E-state index is 12.0. The fourth-order valence-electron chi connectivity index (χ4n) is 5.43. The number of aliphatic carboxylic acids is 2. The minimum absolute atomic E-state index is 0.0305. The number of fused-ring (bicyclic) bond motifs is 1. The standard InChI is InChI=1S/C18H30O4/c1-3-7-11-12(8-4-2)16(18(21)22)14-10-6-5-9-13(14)15(11)17(19)20/h11-16H,3-10H2,1-2H3,(H,19,20)(H,21,22). The average Bonchev–Trinajstić information content (AvgIpc) is 2.47. The summed E-state index contributed by atoms with van der Waals surface area (Å²) in [5, 5.41) is 19.7. The number of carboxylic acid groups (broad SMARTS) is 2. The van der Waals surface area contributed by atoms with Crippen LogP contribution in [0.1, 0.15) is 65.2 Å². The van der Waals surface area contributed by atoms with E-state index in [1.165, 1.54) is 0 Å². The fraction of sp³-hybridized carbons (Fsp3) is 0.889. The number of rotatable bonds is 6. The van der Waals surface area contributed by atoms with Gasteiger partial charge in [-0.25, -0.2) is 0 Å². The molecule has 0 heterocycles. The molecule has 0 spiro atoms. The molecule has 2 fully saturated rings. The third-order valence-corrected chi connectivity index (χ3v) is 6.08. The SMILES string of the molecule is CCCC1C(CCC)C(C(=O)O)C2CCCCC2C1C(=O)O. The molecule has 126 valence electrons. The topological polar surface area (TPSA) is 74.6 Å². The predicted octanol–water partition coefficient (Wildman–Crippen LogP) is 4.04. The summed E-state index contributed by atoms with van der Waals surface area (Å²) in [5.41, 5.74) is 0. The van der Waals surface area contributed by atoms with Crippen LogP contribution in [0.15, 0.2) is 0 Å². The van der Waals surface area contributed by atoms with Gasteiger partial charge < -0.3 is 10.2 Å². The van der Waals surface area contributed by atoms with Crippen LogP contribution in [-0.4, -0.2) is 22.2 Å². The van der Waals surface area contributed by atoms with Gasteiger partial charge in [0.15, 0.2) is 0 Å². The molecule has 22 heavy (non-hydrogen) atoms. The van der Waals surface area contributed by atoms with Crippen LogP contribution in [0.4, 0.5) is 0 Å². The van der Waals surface area contributed by atoms with E-state index in [2.05, 4.69) is 13.8 Å². The van der Waals surface area contributed by atoms with Gasteiger partial charge in [0.1, 0.15) is 0 Å². The van der Waals surface area contributed by atoms with Crippen molar-refractivity contribution in [2.24, 2.45) is 35.5 Å². The fourth-order valence-corrected chi connectivity index (χ4v) is 5.43. The molecule has 2 aliphatic carbocycles. The molecule has 4 nitrogen and oxygen atoms in total. The van der Waals surface area contributed by atoms with E-state index in [9.17, 15) is 19.8 Å². The van der Waals surface area contributed by atoms with Gasteiger partial charge in [0, 0.05) is 0 Å². The van der Waals surface area contributed by atoms with Crippen molar-refractivity contribution in [3.8, 4) is 0 Å². The molecule has 4 heteroatoms. The molecular formula is C18H30O4. The van der Waals surface area contributed by atoms with Crippen LogP contribution in [0, 0.1) is 35.5 Å². The lowest BCUT2D eigenvalue weighted by atomic mass is 9.52. The summed E-state index contributed by atoms with van der Waals surface area (Å²) in [5.74, 6) is -1.87. The molecule has 0 saturated heterocycles. The Morgan fingerprint density at radius 2 is 1.18 bits per heavy atom. The second-order valence-corrected chi connectivity index (χ2v) is 7.25. The summed E-state index contributed by atoms with van der Waals surface area (Å²) in [6, 6.07) is 0. The monoisotopic (exact) mass is 310 g/mol. The van der Waals surface area contributed by atoms with Gasteiger partial charge in [0.05, 0.1) is 11.8 Å². The van der Waals surface area contributed by atoms with Gasteiger partial charge in [-0.05, 0) is 49.4 Å². The van der Waals surface area contributed by atoms with Crippen LogP contribution < -0.4 is 0 Å². The molecule has 0 bridgehead atoms. The minimum Gasteiger partial charge on any atom is -0.481 e. The molecule has 0 aliphatic heterocycles. The normalized spacial score (nSPS) is 38.3. The second kappa shape index (κ2) is 7.47. The van der Waals surface area contributed by atoms with Crippen molar-refractivity contribution in [3.63, 3.8) is 0 Å². The van der Waals surface area contributed by atoms with Crippen molar-refractivity contribution in [2.45, 2.75) is 65.2 Å². The number of carboxylic acids is 2. The largest absolute Gasteiger partial charge is 0.481 e. The van der Waals surface area contributed by atoms with Crippen molar-refractivity contribution in [1.82, 2.24) is 0 Å². The Morgan fingerprint density at radius 1 is 0.818 bits per heavy atom. The smallest absolute Gasteiger partial charge is 0.307 e. The lowest BCUT2D eigenvalue weighted by Crippen LogP contribution is -2.52. The summed E-state index contributed by atoms with van der Waals surface area (Å²) in [6.07, 6.45) is 7.43. The first-order valence-electron chi connectivity index (χ1n) is 8.98. The zero-order valence-corrected chi connectivity index (χ0v) is 13.8. The highest BCUT2D eigenvalue weighted by atomic mass is 16.4. The highest BCUT2D eigenvalue weighted by molar-refractivity contribution is 5.74. The van der Waals surface area contributed by atoms with Gasteiger partial charge in [0.2, 0.25) is 0 Å². The highest BCUT2D eigenvalue weighted by Crippen LogP contribution is 2.54. The van der Waals surface area contributed by atoms with E-state index in [0.29, 0.717) is 0 Å². The molecule has 2 rings (SSSR count). The Bertz CT molecular complexity index is 368. The third kappa shape index (κ3) is 3.16. The minimum atomic E-state index is -0.694. The summed E-state index contributed by atoms with van der Waals surface area (Å²) >= 11 is 0. The summed E-state index contributed by atoms with van der Waals surface area (Å²) < 4.78 is 0. The quantitative estimate of drug-likeness (QED) is 0.776. The summed E-state index contributed by atoms with van der Waals surface area (Å²) in [6.45, 7) is 4.15. The van der Waals surface area contributed by atoms with Crippen molar-refractivity contribution in [3.05, 3.63) is 0 Å². The number of hydrogen-bond acceptors (Lipinski definition) is 2. The van der Waals surface area contributed by atoms with Crippen molar-refractivity contribution in [2.75, 3.05) is 0 Å². The molecule has 2 N–H and O–H groups in total. The first-order chi connectivity index (χ1) is 10.5. The van der Waals surface area contributed by atoms with Gasteiger partial charge in [-0.2, -0.15) is 0 Å². The zero-order valence-electron chi connectivity index (χ0n) is 13.8. The van der Waals surface area contributed by atoms with Gasteiger partial charge in [0.25, 0.3) is 0 Å². The third-order valence-electron chi connectivity index (χ3n) is 6.08. The zero-order chi connectivity index (χ0) is 16.3. The Balaban J connectivity index is 2.42. The van der Waals surface area contributed by atoms with Crippen LogP contribution >= 0.6 is 0 Å². The molecule has 6 atom stereocenters. The van der Waals surface area contributed by atoms with E-state index in [1.54, 1.807) is 0 Å². The first kappa shape index (κ1) is 17.3. The van der Waals surface area contributed by atoms with Crippen molar-refractivity contribution in [1.29, 1.82) is 0 Å². The Hall–Kier alpha value is -1.06. The Kier molecular flexibility index (Phi) is 5.87. The summed E-state index contributed by atoms with van der Waals surface area (Å²) in [4.78, 5) is 23.9. The van der Waals surface area contributed by atoms with E-state index in [1.807, 2.05) is 0 Å². The van der Waals surface area contributed by atoms with E-state index in [0.717, 1.165) is 51.4 Å². The van der Waals surface area contributed by atoms with Crippen LogP contribution in [0.25, 0.3) is 0 Å². The number of hydrogen-bond donors (Lipinski definition) is 2. The molecule has 0 aromatic rings. The maximum absolute atomic E-state index is 12.0. The highest BCUT2D eigenvalue weighted by Gasteiger charge is 2.54. The van der Waals surface area contributed by atoms with Crippen LogP contribution in [0.5, 0.6) is 0 Å². The molecule has 2 saturated carbocycles. The van der Waals surface area contributed by atoms with Gasteiger partial charge in [-0.3, -0.25) is 9.59 Å². The molecule has 0 aromatic heterocycles. The molecule has 2 aliphatic rings. The molecule has 0 amide bonds. The van der Waals surface area contributed by atoms with E-state index >= 15 is 0 Å². The molecular weight excluding hydrogens is 280 g/mol. The van der Waals surface area contributed by atoms with Crippen LogP contribution in [0.3, 0.4) is 0 Å². The Morgan fingerprint density at radius 3 is 1.45 bits per heavy atom. The lowest BCUT2D eigenvalue weighted by Gasteiger charge is -2.51. The first-order valence-corrected chi connectivity index (χ1v) is 8.98. The van der Waals surface area contributed by atoms with Gasteiger partial charge in [-0.15, -0.1) is 0 Å². The summed E-state index contributed by atoms with van der Waals surface area (Å²) in [7, 11) is 0. The molecule has 0 aromatic carbocycles. The van der Waals surface area contributed by atoms with E-state index in [-0.39, 0.29) is 35.5 Å². The maximum Gasteiger partial charge on any atom is 0.307 e. The van der Waals surface area contributed by atoms with E-state index < -0.39 is 11.9 Å². The van der Waals surface area contributed by atoms with Gasteiger partial charge >= 0.3 is 11.9 Å². The molecule has 6 unspecified atom stereocenters. The Labute approximate surface area is 133 Å². The van der Waals surface area contributed by atoms with Crippen LogP contribution in [0.2, 0.25) is 0 Å².